The summed E-state index contributed by atoms with van der Waals surface area (Å²) in [5.74, 6) is -1.28. The van der Waals surface area contributed by atoms with Crippen LogP contribution in [-0.4, -0.2) is 0 Å². The fourth-order valence-corrected chi connectivity index (χ4v) is 1.12. The van der Waals surface area contributed by atoms with E-state index in [1.165, 1.54) is 13.0 Å². The van der Waals surface area contributed by atoms with Gasteiger partial charge in [-0.05, 0) is 13.0 Å². The van der Waals surface area contributed by atoms with Gasteiger partial charge in [0.2, 0.25) is 0 Å². The van der Waals surface area contributed by atoms with Gasteiger partial charge in [-0.25, -0.2) is 4.39 Å². The molecule has 0 amide bonds. The summed E-state index contributed by atoms with van der Waals surface area (Å²) < 4.78 is 49.9. The molecule has 0 aromatic heterocycles. The number of hydrogen-bond donors (Lipinski definition) is 1. The van der Waals surface area contributed by atoms with Crippen LogP contribution in [-0.2, 0) is 6.18 Å². The maximum absolute atomic E-state index is 13.2. The van der Waals surface area contributed by atoms with Crippen molar-refractivity contribution in [2.75, 3.05) is 0 Å². The Balaban J connectivity index is 0.00000106. The summed E-state index contributed by atoms with van der Waals surface area (Å²) in [6, 6.07) is 2.33. The van der Waals surface area contributed by atoms with Crippen molar-refractivity contribution in [1.29, 1.82) is 0 Å². The predicted molar refractivity (Wildman–Crippen MR) is 55.4 cm³/mol. The molecule has 1 rings (SSSR count). The quantitative estimate of drug-likeness (QED) is 0.737. The standard InChI is InChI=1S/C9H9F4N.C2H6/c1-5(14)6-3-2-4-7(8(6)10)9(11,12)13;1-2/h2-5H,14H2,1H3;1-2H3/t5-;/m1./s1. The first-order chi connectivity index (χ1) is 7.34. The highest BCUT2D eigenvalue weighted by Gasteiger charge is 2.34. The molecule has 1 aromatic carbocycles. The number of benzene rings is 1. The molecular weight excluding hydrogens is 222 g/mol. The molecular formula is C11H15F4N. The summed E-state index contributed by atoms with van der Waals surface area (Å²) >= 11 is 0. The van der Waals surface area contributed by atoms with Gasteiger partial charge in [-0.15, -0.1) is 0 Å². The third-order valence-corrected chi connectivity index (χ3v) is 1.82. The normalized spacial score (nSPS) is 12.8. The van der Waals surface area contributed by atoms with Crippen molar-refractivity contribution in [3.8, 4) is 0 Å². The van der Waals surface area contributed by atoms with Gasteiger partial charge in [0.15, 0.2) is 0 Å². The van der Waals surface area contributed by atoms with E-state index in [1.54, 1.807) is 0 Å². The molecule has 0 radical (unpaired) electrons. The van der Waals surface area contributed by atoms with Gasteiger partial charge < -0.3 is 5.73 Å². The number of rotatable bonds is 1. The minimum atomic E-state index is -4.67. The Kier molecular flexibility index (Phi) is 5.44. The average molecular weight is 237 g/mol. The van der Waals surface area contributed by atoms with Crippen molar-refractivity contribution in [1.82, 2.24) is 0 Å². The summed E-state index contributed by atoms with van der Waals surface area (Å²) in [6.07, 6.45) is -4.67. The molecule has 16 heavy (non-hydrogen) atoms. The number of nitrogens with two attached hydrogens (primary N) is 1. The molecule has 1 aromatic rings. The molecule has 5 heteroatoms. The summed E-state index contributed by atoms with van der Waals surface area (Å²) in [4.78, 5) is 0. The van der Waals surface area contributed by atoms with Crippen molar-refractivity contribution in [3.05, 3.63) is 35.1 Å². The van der Waals surface area contributed by atoms with Gasteiger partial charge in [0.05, 0.1) is 5.56 Å². The highest BCUT2D eigenvalue weighted by molar-refractivity contribution is 5.29. The molecule has 0 saturated carbocycles. The maximum atomic E-state index is 13.2. The summed E-state index contributed by atoms with van der Waals surface area (Å²) in [5, 5.41) is 0. The summed E-state index contributed by atoms with van der Waals surface area (Å²) in [6.45, 7) is 5.43. The van der Waals surface area contributed by atoms with Crippen LogP contribution in [0.5, 0.6) is 0 Å². The first kappa shape index (κ1) is 14.9. The number of alkyl halides is 3. The van der Waals surface area contributed by atoms with Gasteiger partial charge in [-0.2, -0.15) is 13.2 Å². The molecule has 1 nitrogen and oxygen atoms in total. The van der Waals surface area contributed by atoms with E-state index in [-0.39, 0.29) is 5.56 Å². The Morgan fingerprint density at radius 1 is 1.19 bits per heavy atom. The third kappa shape index (κ3) is 3.48. The van der Waals surface area contributed by atoms with Crippen molar-refractivity contribution in [2.45, 2.75) is 33.0 Å². The first-order valence-electron chi connectivity index (χ1n) is 4.95. The van der Waals surface area contributed by atoms with Gasteiger partial charge in [0.25, 0.3) is 0 Å². The third-order valence-electron chi connectivity index (χ3n) is 1.82. The zero-order valence-electron chi connectivity index (χ0n) is 9.40. The topological polar surface area (TPSA) is 26.0 Å². The second kappa shape index (κ2) is 5.84. The van der Waals surface area contributed by atoms with E-state index in [4.69, 9.17) is 5.73 Å². The Labute approximate surface area is 92.3 Å². The molecule has 0 heterocycles. The van der Waals surface area contributed by atoms with Crippen LogP contribution in [0.25, 0.3) is 0 Å². The SMILES string of the molecule is CC.C[C@@H](N)c1cccc(C(F)(F)F)c1F. The lowest BCUT2D eigenvalue weighted by atomic mass is 10.0. The van der Waals surface area contributed by atoms with Crippen molar-refractivity contribution >= 4 is 0 Å². The molecule has 92 valence electrons. The van der Waals surface area contributed by atoms with E-state index in [0.29, 0.717) is 6.07 Å². The minimum Gasteiger partial charge on any atom is -0.324 e. The minimum absolute atomic E-state index is 0.125. The largest absolute Gasteiger partial charge is 0.419 e. The van der Waals surface area contributed by atoms with Crippen molar-refractivity contribution in [3.63, 3.8) is 0 Å². The first-order valence-corrected chi connectivity index (χ1v) is 4.95. The fraction of sp³-hybridized carbons (Fsp3) is 0.455. The molecule has 0 aliphatic rings. The van der Waals surface area contributed by atoms with Crippen LogP contribution < -0.4 is 5.73 Å². The average Bonchev–Trinajstić information content (AvgIpc) is 2.19. The summed E-state index contributed by atoms with van der Waals surface area (Å²) in [5.41, 5.74) is 3.92. The molecule has 0 unspecified atom stereocenters. The van der Waals surface area contributed by atoms with E-state index < -0.39 is 23.6 Å². The van der Waals surface area contributed by atoms with E-state index >= 15 is 0 Å². The Bertz CT molecular complexity index is 331. The smallest absolute Gasteiger partial charge is 0.324 e. The van der Waals surface area contributed by atoms with Crippen LogP contribution in [0, 0.1) is 5.82 Å². The molecule has 1 atom stereocenters. The maximum Gasteiger partial charge on any atom is 0.419 e. The van der Waals surface area contributed by atoms with Gasteiger partial charge in [-0.1, -0.05) is 26.0 Å². The van der Waals surface area contributed by atoms with Crippen LogP contribution in [0.3, 0.4) is 0 Å². The van der Waals surface area contributed by atoms with E-state index in [2.05, 4.69) is 0 Å². The van der Waals surface area contributed by atoms with E-state index in [9.17, 15) is 17.6 Å². The molecule has 0 spiro atoms. The van der Waals surface area contributed by atoms with Gasteiger partial charge in [-0.3, -0.25) is 0 Å². The highest BCUT2D eigenvalue weighted by atomic mass is 19.4. The monoisotopic (exact) mass is 237 g/mol. The van der Waals surface area contributed by atoms with Crippen LogP contribution in [0.4, 0.5) is 17.6 Å². The summed E-state index contributed by atoms with van der Waals surface area (Å²) in [7, 11) is 0. The lowest BCUT2D eigenvalue weighted by Gasteiger charge is -2.12. The van der Waals surface area contributed by atoms with Crippen molar-refractivity contribution in [2.24, 2.45) is 5.73 Å². The zero-order valence-corrected chi connectivity index (χ0v) is 9.40. The Morgan fingerprint density at radius 2 is 1.69 bits per heavy atom. The van der Waals surface area contributed by atoms with Crippen LogP contribution in [0.1, 0.15) is 37.9 Å². The molecule has 2 N–H and O–H groups in total. The zero-order chi connectivity index (χ0) is 12.9. The van der Waals surface area contributed by atoms with Crippen LogP contribution >= 0.6 is 0 Å². The molecule has 0 aliphatic carbocycles. The lowest BCUT2D eigenvalue weighted by molar-refractivity contribution is -0.140. The number of halogens is 4. The Hall–Kier alpha value is -1.10. The molecule has 0 saturated heterocycles. The van der Waals surface area contributed by atoms with Gasteiger partial charge >= 0.3 is 6.18 Å². The van der Waals surface area contributed by atoms with Gasteiger partial charge in [0.1, 0.15) is 5.82 Å². The molecule has 0 bridgehead atoms. The van der Waals surface area contributed by atoms with E-state index in [1.807, 2.05) is 13.8 Å². The molecule has 0 aliphatic heterocycles. The predicted octanol–water partition coefficient (Wildman–Crippen LogP) is 3.89. The molecule has 0 fully saturated rings. The number of hydrogen-bond acceptors (Lipinski definition) is 1. The second-order valence-electron chi connectivity index (χ2n) is 3.00. The lowest BCUT2D eigenvalue weighted by Crippen LogP contribution is -2.14. The highest BCUT2D eigenvalue weighted by Crippen LogP contribution is 2.33. The Morgan fingerprint density at radius 3 is 2.06 bits per heavy atom. The van der Waals surface area contributed by atoms with Crippen LogP contribution in [0.15, 0.2) is 18.2 Å². The second-order valence-corrected chi connectivity index (χ2v) is 3.00. The fourth-order valence-electron chi connectivity index (χ4n) is 1.12. The van der Waals surface area contributed by atoms with Gasteiger partial charge in [0, 0.05) is 11.6 Å². The van der Waals surface area contributed by atoms with Crippen molar-refractivity contribution < 1.29 is 17.6 Å². The van der Waals surface area contributed by atoms with Crippen LogP contribution in [0.2, 0.25) is 0 Å². The van der Waals surface area contributed by atoms with E-state index in [0.717, 1.165) is 6.07 Å².